The van der Waals surface area contributed by atoms with E-state index >= 15 is 0 Å². The second-order valence-corrected chi connectivity index (χ2v) is 4.24. The minimum absolute atomic E-state index is 0.137. The summed E-state index contributed by atoms with van der Waals surface area (Å²) in [5, 5.41) is 5.73. The Kier molecular flexibility index (Phi) is 8.16. The summed E-state index contributed by atoms with van der Waals surface area (Å²) in [5.41, 5.74) is 0.216. The van der Waals surface area contributed by atoms with Crippen molar-refractivity contribution in [3.05, 3.63) is 23.8 Å². The van der Waals surface area contributed by atoms with E-state index in [0.29, 0.717) is 26.2 Å². The quantitative estimate of drug-likeness (QED) is 0.636. The molecule has 1 amide bonds. The van der Waals surface area contributed by atoms with Gasteiger partial charge in [-0.05, 0) is 18.2 Å². The summed E-state index contributed by atoms with van der Waals surface area (Å²) in [5.74, 6) is -0.420. The number of carbonyl (C=O) groups is 1. The highest BCUT2D eigenvalue weighted by Crippen LogP contribution is 2.29. The third-order valence-electron chi connectivity index (χ3n) is 2.71. The molecule has 0 aliphatic carbocycles. The first kappa shape index (κ1) is 18.1. The summed E-state index contributed by atoms with van der Waals surface area (Å²) in [6.45, 7) is -0.745. The van der Waals surface area contributed by atoms with Gasteiger partial charge in [-0.2, -0.15) is 8.78 Å². The fourth-order valence-electron chi connectivity index (χ4n) is 1.67. The number of halogens is 2. The lowest BCUT2D eigenvalue weighted by molar-refractivity contribution is -0.0512. The van der Waals surface area contributed by atoms with E-state index in [4.69, 9.17) is 9.47 Å². The molecule has 0 spiro atoms. The van der Waals surface area contributed by atoms with Gasteiger partial charge in [0.05, 0.1) is 13.7 Å². The monoisotopic (exact) mass is 318 g/mol. The molecule has 0 aromatic heterocycles. The molecule has 0 atom stereocenters. The molecule has 0 saturated heterocycles. The van der Waals surface area contributed by atoms with Gasteiger partial charge in [-0.1, -0.05) is 0 Å². The van der Waals surface area contributed by atoms with Crippen molar-refractivity contribution in [1.29, 1.82) is 0 Å². The second-order valence-electron chi connectivity index (χ2n) is 4.24. The van der Waals surface area contributed by atoms with Crippen LogP contribution >= 0.6 is 0 Å². The van der Waals surface area contributed by atoms with Crippen molar-refractivity contribution in [3.8, 4) is 11.5 Å². The molecule has 124 valence electrons. The number of rotatable bonds is 10. The first-order valence-corrected chi connectivity index (χ1v) is 6.69. The Labute approximate surface area is 127 Å². The van der Waals surface area contributed by atoms with Crippen molar-refractivity contribution in [1.82, 2.24) is 10.6 Å². The van der Waals surface area contributed by atoms with Crippen LogP contribution in [0.25, 0.3) is 0 Å². The van der Waals surface area contributed by atoms with Crippen LogP contribution in [0.4, 0.5) is 8.78 Å². The topological polar surface area (TPSA) is 68.8 Å². The number of hydrogen-bond acceptors (Lipinski definition) is 5. The van der Waals surface area contributed by atoms with Gasteiger partial charge in [-0.3, -0.25) is 4.79 Å². The molecule has 0 aliphatic heterocycles. The number of ether oxygens (including phenoxy) is 3. The molecule has 2 N–H and O–H groups in total. The maximum Gasteiger partial charge on any atom is 0.387 e. The highest BCUT2D eigenvalue weighted by molar-refractivity contribution is 5.94. The van der Waals surface area contributed by atoms with E-state index in [1.807, 2.05) is 0 Å². The molecular weight excluding hydrogens is 298 g/mol. The van der Waals surface area contributed by atoms with Gasteiger partial charge in [-0.15, -0.1) is 0 Å². The Morgan fingerprint density at radius 3 is 2.59 bits per heavy atom. The van der Waals surface area contributed by atoms with Gasteiger partial charge < -0.3 is 24.8 Å². The Bertz CT molecular complexity index is 472. The molecule has 22 heavy (non-hydrogen) atoms. The molecule has 0 unspecified atom stereocenters. The Morgan fingerprint density at radius 1 is 1.18 bits per heavy atom. The van der Waals surface area contributed by atoms with E-state index < -0.39 is 6.61 Å². The average molecular weight is 318 g/mol. The first-order chi connectivity index (χ1) is 10.6. The van der Waals surface area contributed by atoms with Crippen LogP contribution in [0, 0.1) is 0 Å². The van der Waals surface area contributed by atoms with Crippen LogP contribution in [0.1, 0.15) is 10.4 Å². The summed E-state index contributed by atoms with van der Waals surface area (Å²) in [4.78, 5) is 11.9. The van der Waals surface area contributed by atoms with E-state index in [0.717, 1.165) is 0 Å². The Balaban J connectivity index is 2.54. The minimum atomic E-state index is -2.99. The number of amides is 1. The second kappa shape index (κ2) is 9.91. The van der Waals surface area contributed by atoms with Crippen LogP contribution in [0.2, 0.25) is 0 Å². The Morgan fingerprint density at radius 2 is 1.95 bits per heavy atom. The molecule has 6 nitrogen and oxygen atoms in total. The van der Waals surface area contributed by atoms with Crippen LogP contribution in [-0.4, -0.2) is 53.0 Å². The molecule has 1 aromatic rings. The molecule has 0 bridgehead atoms. The first-order valence-electron chi connectivity index (χ1n) is 6.69. The van der Waals surface area contributed by atoms with Crippen LogP contribution < -0.4 is 20.1 Å². The van der Waals surface area contributed by atoms with E-state index in [-0.39, 0.29) is 23.0 Å². The maximum atomic E-state index is 12.3. The zero-order valence-electron chi connectivity index (χ0n) is 12.5. The highest BCUT2D eigenvalue weighted by atomic mass is 19.3. The van der Waals surface area contributed by atoms with Gasteiger partial charge in [-0.25, -0.2) is 0 Å². The van der Waals surface area contributed by atoms with Gasteiger partial charge in [0.2, 0.25) is 0 Å². The van der Waals surface area contributed by atoms with Crippen LogP contribution in [0.3, 0.4) is 0 Å². The molecule has 0 aliphatic rings. The largest absolute Gasteiger partial charge is 0.493 e. The molecule has 8 heteroatoms. The lowest BCUT2D eigenvalue weighted by Gasteiger charge is -2.12. The minimum Gasteiger partial charge on any atom is -0.493 e. The number of carbonyl (C=O) groups excluding carboxylic acids is 1. The summed E-state index contributed by atoms with van der Waals surface area (Å²) in [6, 6.07) is 4.10. The third-order valence-corrected chi connectivity index (χ3v) is 2.71. The molecule has 0 radical (unpaired) electrons. The maximum absolute atomic E-state index is 12.3. The Hall–Kier alpha value is -1.93. The highest BCUT2D eigenvalue weighted by Gasteiger charge is 2.14. The van der Waals surface area contributed by atoms with Crippen LogP contribution in [-0.2, 0) is 4.74 Å². The number of hydrogen-bond donors (Lipinski definition) is 2. The predicted octanol–water partition coefficient (Wildman–Crippen LogP) is 1.26. The lowest BCUT2D eigenvalue weighted by atomic mass is 10.2. The van der Waals surface area contributed by atoms with Crippen LogP contribution in [0.5, 0.6) is 11.5 Å². The summed E-state index contributed by atoms with van der Waals surface area (Å²) in [6.07, 6.45) is 0. The molecule has 0 fully saturated rings. The predicted molar refractivity (Wildman–Crippen MR) is 76.7 cm³/mol. The van der Waals surface area contributed by atoms with Gasteiger partial charge in [0, 0.05) is 32.3 Å². The summed E-state index contributed by atoms with van der Waals surface area (Å²) >= 11 is 0. The zero-order chi connectivity index (χ0) is 16.4. The lowest BCUT2D eigenvalue weighted by Crippen LogP contribution is -2.33. The van der Waals surface area contributed by atoms with Crippen molar-refractivity contribution >= 4 is 5.91 Å². The fraction of sp³-hybridized carbons (Fsp3) is 0.500. The average Bonchev–Trinajstić information content (AvgIpc) is 2.50. The van der Waals surface area contributed by atoms with Crippen molar-refractivity contribution < 1.29 is 27.8 Å². The number of methoxy groups -OCH3 is 2. The number of nitrogens with one attached hydrogen (secondary N) is 2. The molecular formula is C14H20F2N2O4. The van der Waals surface area contributed by atoms with Gasteiger partial charge in [0.1, 0.15) is 0 Å². The SMILES string of the molecule is COCCNCCNC(=O)c1ccc(OC)c(OC(F)F)c1. The van der Waals surface area contributed by atoms with Gasteiger partial charge >= 0.3 is 6.61 Å². The van der Waals surface area contributed by atoms with E-state index in [9.17, 15) is 13.6 Å². The number of benzene rings is 1. The zero-order valence-corrected chi connectivity index (χ0v) is 12.5. The van der Waals surface area contributed by atoms with E-state index in [1.165, 1.54) is 25.3 Å². The molecule has 1 rings (SSSR count). The van der Waals surface area contributed by atoms with Gasteiger partial charge in [0.15, 0.2) is 11.5 Å². The standard InChI is InChI=1S/C14H20F2N2O4/c1-20-8-7-17-5-6-18-13(19)10-3-4-11(21-2)12(9-10)22-14(15)16/h3-4,9,14,17H,5-8H2,1-2H3,(H,18,19). The summed E-state index contributed by atoms with van der Waals surface area (Å²) < 4.78 is 38.8. The third kappa shape index (κ3) is 6.23. The normalized spacial score (nSPS) is 10.6. The van der Waals surface area contributed by atoms with Gasteiger partial charge in [0.25, 0.3) is 5.91 Å². The molecule has 0 heterocycles. The van der Waals surface area contributed by atoms with Crippen molar-refractivity contribution in [3.63, 3.8) is 0 Å². The van der Waals surface area contributed by atoms with Crippen molar-refractivity contribution in [2.75, 3.05) is 40.5 Å². The van der Waals surface area contributed by atoms with Crippen molar-refractivity contribution in [2.24, 2.45) is 0 Å². The van der Waals surface area contributed by atoms with Crippen molar-refractivity contribution in [2.45, 2.75) is 6.61 Å². The number of alkyl halides is 2. The van der Waals surface area contributed by atoms with Crippen LogP contribution in [0.15, 0.2) is 18.2 Å². The van der Waals surface area contributed by atoms with E-state index in [2.05, 4.69) is 15.4 Å². The smallest absolute Gasteiger partial charge is 0.387 e. The summed E-state index contributed by atoms with van der Waals surface area (Å²) in [7, 11) is 2.94. The van der Waals surface area contributed by atoms with E-state index in [1.54, 1.807) is 7.11 Å². The fourth-order valence-corrected chi connectivity index (χ4v) is 1.67. The molecule has 1 aromatic carbocycles. The molecule has 0 saturated carbocycles.